The molecule has 0 spiro atoms. The predicted octanol–water partition coefficient (Wildman–Crippen LogP) is 0.278. The fourth-order valence-electron chi connectivity index (χ4n) is 2.52. The van der Waals surface area contributed by atoms with Crippen LogP contribution in [-0.2, 0) is 4.79 Å². The summed E-state index contributed by atoms with van der Waals surface area (Å²) in [6.45, 7) is 3.20. The summed E-state index contributed by atoms with van der Waals surface area (Å²) in [6, 6.07) is -1.19. The lowest BCUT2D eigenvalue weighted by molar-refractivity contribution is -0.141. The molecule has 100 valence electrons. The Balaban J connectivity index is 2.08. The van der Waals surface area contributed by atoms with Gasteiger partial charge in [-0.2, -0.15) is 0 Å². The van der Waals surface area contributed by atoms with Crippen molar-refractivity contribution in [2.45, 2.75) is 31.9 Å². The molecule has 0 bridgehead atoms. The highest BCUT2D eigenvalue weighted by atomic mass is 16.4. The molecular weight excluding hydrogens is 236 g/mol. The monoisotopic (exact) mass is 254 g/mol. The van der Waals surface area contributed by atoms with Crippen LogP contribution < -0.4 is 0 Å². The minimum absolute atomic E-state index is 0.106. The first kappa shape index (κ1) is 12.9. The van der Waals surface area contributed by atoms with E-state index in [9.17, 15) is 14.7 Å². The molecular formula is C12H18N2O4. The number of β-amino-alcohol motifs (C(OH)–C–C–N with tert-alkyl or cyclic N) is 1. The molecule has 18 heavy (non-hydrogen) atoms. The van der Waals surface area contributed by atoms with Gasteiger partial charge in [0, 0.05) is 26.1 Å². The SMILES string of the molecule is CC1=CCCN(C(=O)N2CC(O)CC2C(=O)O)C1. The van der Waals surface area contributed by atoms with Crippen LogP contribution in [-0.4, -0.2) is 63.8 Å². The van der Waals surface area contributed by atoms with Crippen molar-refractivity contribution in [2.24, 2.45) is 0 Å². The van der Waals surface area contributed by atoms with Crippen LogP contribution in [0.4, 0.5) is 4.79 Å². The Morgan fingerprint density at radius 1 is 1.44 bits per heavy atom. The summed E-state index contributed by atoms with van der Waals surface area (Å²) < 4.78 is 0. The minimum atomic E-state index is -1.05. The Bertz CT molecular complexity index is 394. The van der Waals surface area contributed by atoms with Crippen LogP contribution in [0.3, 0.4) is 0 Å². The van der Waals surface area contributed by atoms with Crippen LogP contribution in [0.2, 0.25) is 0 Å². The van der Waals surface area contributed by atoms with Crippen molar-refractivity contribution < 1.29 is 19.8 Å². The van der Waals surface area contributed by atoms with E-state index < -0.39 is 18.1 Å². The number of amides is 2. The van der Waals surface area contributed by atoms with Gasteiger partial charge < -0.3 is 20.0 Å². The van der Waals surface area contributed by atoms with Crippen LogP contribution in [0.25, 0.3) is 0 Å². The van der Waals surface area contributed by atoms with Crippen molar-refractivity contribution in [3.05, 3.63) is 11.6 Å². The van der Waals surface area contributed by atoms with Crippen LogP contribution >= 0.6 is 0 Å². The summed E-state index contributed by atoms with van der Waals surface area (Å²) in [5.74, 6) is -1.05. The van der Waals surface area contributed by atoms with Gasteiger partial charge in [0.15, 0.2) is 0 Å². The molecule has 0 aliphatic carbocycles. The van der Waals surface area contributed by atoms with Gasteiger partial charge in [0.25, 0.3) is 0 Å². The van der Waals surface area contributed by atoms with Crippen LogP contribution in [0.5, 0.6) is 0 Å². The fourth-order valence-corrected chi connectivity index (χ4v) is 2.52. The molecule has 2 unspecified atom stereocenters. The van der Waals surface area contributed by atoms with Gasteiger partial charge in [-0.05, 0) is 13.3 Å². The second kappa shape index (κ2) is 4.97. The van der Waals surface area contributed by atoms with Crippen molar-refractivity contribution in [3.8, 4) is 0 Å². The van der Waals surface area contributed by atoms with Crippen molar-refractivity contribution in [1.82, 2.24) is 9.80 Å². The number of rotatable bonds is 1. The highest BCUT2D eigenvalue weighted by Gasteiger charge is 2.40. The Hall–Kier alpha value is -1.56. The number of aliphatic hydroxyl groups is 1. The lowest BCUT2D eigenvalue weighted by Crippen LogP contribution is -2.49. The molecule has 0 aromatic rings. The molecule has 2 aliphatic heterocycles. The summed E-state index contributed by atoms with van der Waals surface area (Å²) in [4.78, 5) is 26.2. The van der Waals surface area contributed by atoms with Crippen LogP contribution in [0.15, 0.2) is 11.6 Å². The number of likely N-dealkylation sites (tertiary alicyclic amines) is 1. The molecule has 1 fully saturated rings. The largest absolute Gasteiger partial charge is 0.480 e. The van der Waals surface area contributed by atoms with Gasteiger partial charge in [-0.25, -0.2) is 9.59 Å². The smallest absolute Gasteiger partial charge is 0.326 e. The normalized spacial score (nSPS) is 28.2. The van der Waals surface area contributed by atoms with E-state index in [0.29, 0.717) is 13.1 Å². The first-order valence-electron chi connectivity index (χ1n) is 6.11. The van der Waals surface area contributed by atoms with E-state index >= 15 is 0 Å². The number of nitrogens with zero attached hydrogens (tertiary/aromatic N) is 2. The van der Waals surface area contributed by atoms with Gasteiger partial charge in [-0.1, -0.05) is 11.6 Å². The van der Waals surface area contributed by atoms with E-state index in [1.165, 1.54) is 4.90 Å². The number of aliphatic carboxylic acids is 1. The Morgan fingerprint density at radius 3 is 2.78 bits per heavy atom. The van der Waals surface area contributed by atoms with E-state index in [1.807, 2.05) is 6.92 Å². The number of carboxylic acids is 1. The van der Waals surface area contributed by atoms with Crippen LogP contribution in [0, 0.1) is 0 Å². The number of carboxylic acid groups (broad SMARTS) is 1. The summed E-state index contributed by atoms with van der Waals surface area (Å²) in [6.07, 6.45) is 2.25. The summed E-state index contributed by atoms with van der Waals surface area (Å²) in [5.41, 5.74) is 1.11. The van der Waals surface area contributed by atoms with Gasteiger partial charge in [0.05, 0.1) is 6.10 Å². The zero-order valence-electron chi connectivity index (χ0n) is 10.4. The Kier molecular flexibility index (Phi) is 3.56. The fraction of sp³-hybridized carbons (Fsp3) is 0.667. The lowest BCUT2D eigenvalue weighted by atomic mass is 10.1. The molecule has 2 N–H and O–H groups in total. The van der Waals surface area contributed by atoms with Gasteiger partial charge in [-0.3, -0.25) is 0 Å². The third-order valence-electron chi connectivity index (χ3n) is 3.41. The van der Waals surface area contributed by atoms with Gasteiger partial charge in [0.2, 0.25) is 0 Å². The third-order valence-corrected chi connectivity index (χ3v) is 3.41. The van der Waals surface area contributed by atoms with E-state index in [1.54, 1.807) is 4.90 Å². The van der Waals surface area contributed by atoms with Gasteiger partial charge >= 0.3 is 12.0 Å². The zero-order chi connectivity index (χ0) is 13.3. The maximum Gasteiger partial charge on any atom is 0.326 e. The average molecular weight is 254 g/mol. The maximum absolute atomic E-state index is 12.3. The lowest BCUT2D eigenvalue weighted by Gasteiger charge is -2.32. The van der Waals surface area contributed by atoms with Gasteiger partial charge in [0.1, 0.15) is 6.04 Å². The molecule has 6 nitrogen and oxygen atoms in total. The molecule has 0 aromatic carbocycles. The standard InChI is InChI=1S/C12H18N2O4/c1-8-3-2-4-13(6-8)12(18)14-7-9(15)5-10(14)11(16)17/h3,9-10,15H,2,4-7H2,1H3,(H,16,17). The quantitative estimate of drug-likeness (QED) is 0.658. The number of aliphatic hydroxyl groups excluding tert-OH is 1. The van der Waals surface area contributed by atoms with Gasteiger partial charge in [-0.15, -0.1) is 0 Å². The molecule has 0 saturated carbocycles. The molecule has 2 amide bonds. The zero-order valence-corrected chi connectivity index (χ0v) is 10.4. The first-order valence-corrected chi connectivity index (χ1v) is 6.11. The average Bonchev–Trinajstić information content (AvgIpc) is 2.70. The predicted molar refractivity (Wildman–Crippen MR) is 64.1 cm³/mol. The Morgan fingerprint density at radius 2 is 2.17 bits per heavy atom. The van der Waals surface area contributed by atoms with Crippen molar-refractivity contribution in [2.75, 3.05) is 19.6 Å². The van der Waals surface area contributed by atoms with E-state index in [-0.39, 0.29) is 19.0 Å². The Labute approximate surface area is 105 Å². The van der Waals surface area contributed by atoms with E-state index in [0.717, 1.165) is 12.0 Å². The van der Waals surface area contributed by atoms with Crippen molar-refractivity contribution >= 4 is 12.0 Å². The van der Waals surface area contributed by atoms with E-state index in [2.05, 4.69) is 6.08 Å². The minimum Gasteiger partial charge on any atom is -0.480 e. The first-order chi connectivity index (χ1) is 8.49. The molecule has 2 heterocycles. The van der Waals surface area contributed by atoms with Crippen molar-refractivity contribution in [3.63, 3.8) is 0 Å². The number of urea groups is 1. The molecule has 6 heteroatoms. The number of hydrogen-bond donors (Lipinski definition) is 2. The molecule has 2 aliphatic rings. The number of carbonyl (C=O) groups is 2. The second-order valence-corrected chi connectivity index (χ2v) is 4.94. The number of hydrogen-bond acceptors (Lipinski definition) is 3. The molecule has 0 radical (unpaired) electrons. The van der Waals surface area contributed by atoms with Crippen molar-refractivity contribution in [1.29, 1.82) is 0 Å². The topological polar surface area (TPSA) is 81.1 Å². The summed E-state index contributed by atoms with van der Waals surface area (Å²) in [5, 5.41) is 18.6. The van der Waals surface area contributed by atoms with Crippen LogP contribution in [0.1, 0.15) is 19.8 Å². The highest BCUT2D eigenvalue weighted by Crippen LogP contribution is 2.21. The highest BCUT2D eigenvalue weighted by molar-refractivity contribution is 5.83. The molecule has 2 atom stereocenters. The third kappa shape index (κ3) is 2.48. The van der Waals surface area contributed by atoms with E-state index in [4.69, 9.17) is 5.11 Å². The number of carbonyl (C=O) groups excluding carboxylic acids is 1. The molecule has 1 saturated heterocycles. The molecule has 0 aromatic heterocycles. The maximum atomic E-state index is 12.3. The summed E-state index contributed by atoms with van der Waals surface area (Å²) >= 11 is 0. The molecule has 2 rings (SSSR count). The second-order valence-electron chi connectivity index (χ2n) is 4.94. The summed E-state index contributed by atoms with van der Waals surface area (Å²) in [7, 11) is 0.